The van der Waals surface area contributed by atoms with Gasteiger partial charge in [0.1, 0.15) is 22.0 Å². The number of aromatic nitrogens is 1. The van der Waals surface area contributed by atoms with Crippen molar-refractivity contribution in [2.75, 3.05) is 0 Å². The Balaban J connectivity index is 1.56. The zero-order chi connectivity index (χ0) is 23.7. The van der Waals surface area contributed by atoms with E-state index in [-0.39, 0.29) is 21.7 Å². The van der Waals surface area contributed by atoms with Gasteiger partial charge in [0.15, 0.2) is 0 Å². The van der Waals surface area contributed by atoms with Crippen molar-refractivity contribution < 1.29 is 13.0 Å². The summed E-state index contributed by atoms with van der Waals surface area (Å²) in [5.41, 5.74) is 2.58. The van der Waals surface area contributed by atoms with Gasteiger partial charge in [-0.1, -0.05) is 47.7 Å². The van der Waals surface area contributed by atoms with Gasteiger partial charge in [-0.3, -0.25) is 9.54 Å². The van der Waals surface area contributed by atoms with Crippen molar-refractivity contribution in [2.24, 2.45) is 26.4 Å². The third-order valence-electron chi connectivity index (χ3n) is 5.17. The van der Waals surface area contributed by atoms with Crippen LogP contribution < -0.4 is 5.84 Å². The van der Waals surface area contributed by atoms with Crippen molar-refractivity contribution >= 4 is 59.4 Å². The van der Waals surface area contributed by atoms with Crippen molar-refractivity contribution in [2.45, 2.75) is 4.90 Å². The molecule has 34 heavy (non-hydrogen) atoms. The monoisotopic (exact) mass is 488 g/mol. The van der Waals surface area contributed by atoms with E-state index < -0.39 is 10.1 Å². The number of nitrogens with two attached hydrogens (primary N) is 1. The van der Waals surface area contributed by atoms with E-state index in [4.69, 9.17) is 5.84 Å². The molecule has 0 saturated heterocycles. The fourth-order valence-corrected chi connectivity index (χ4v) is 5.33. The first-order valence-corrected chi connectivity index (χ1v) is 12.3. The Hall–Kier alpha value is -4.06. The summed E-state index contributed by atoms with van der Waals surface area (Å²) in [5.74, 6) is 5.26. The maximum absolute atomic E-state index is 12.0. The van der Waals surface area contributed by atoms with Crippen LogP contribution in [0.2, 0.25) is 0 Å². The number of benzene rings is 3. The van der Waals surface area contributed by atoms with Gasteiger partial charge in [0.25, 0.3) is 10.1 Å². The number of hydrogen-bond acceptors (Lipinski definition) is 8. The maximum Gasteiger partial charge on any atom is 0.295 e. The Kier molecular flexibility index (Phi) is 5.57. The Bertz CT molecular complexity index is 1690. The molecule has 0 amide bonds. The Morgan fingerprint density at radius 2 is 1.62 bits per heavy atom. The molecule has 2 heterocycles. The van der Waals surface area contributed by atoms with E-state index in [2.05, 4.69) is 43.1 Å². The molecule has 0 unspecified atom stereocenters. The van der Waals surface area contributed by atoms with E-state index in [0.29, 0.717) is 11.1 Å². The van der Waals surface area contributed by atoms with E-state index >= 15 is 0 Å². The molecular formula is C23H16N6O3S2. The summed E-state index contributed by atoms with van der Waals surface area (Å²) >= 11 is 1.65. The molecule has 9 nitrogen and oxygen atoms in total. The lowest BCUT2D eigenvalue weighted by molar-refractivity contribution is 0.484. The molecule has 0 aliphatic rings. The van der Waals surface area contributed by atoms with Crippen LogP contribution in [0, 0.1) is 0 Å². The summed E-state index contributed by atoms with van der Waals surface area (Å²) < 4.78 is 34.9. The molecule has 168 valence electrons. The third-order valence-corrected chi connectivity index (χ3v) is 7.03. The van der Waals surface area contributed by atoms with Crippen LogP contribution in [0.5, 0.6) is 0 Å². The summed E-state index contributed by atoms with van der Waals surface area (Å²) in [6.45, 7) is 0. The Morgan fingerprint density at radius 1 is 0.882 bits per heavy atom. The molecule has 0 radical (unpaired) electrons. The maximum atomic E-state index is 12.0. The quantitative estimate of drug-likeness (QED) is 0.122. The van der Waals surface area contributed by atoms with Gasteiger partial charge < -0.3 is 5.84 Å². The SMILES string of the molecule is NN=Nc1c(/N=N/c2ccc(-c3csc4ccccc34)nc2)cc(S(=O)(=O)O)c2ccccc12. The van der Waals surface area contributed by atoms with Gasteiger partial charge in [-0.15, -0.1) is 26.7 Å². The highest BCUT2D eigenvalue weighted by molar-refractivity contribution is 7.86. The zero-order valence-corrected chi connectivity index (χ0v) is 19.0. The first kappa shape index (κ1) is 21.8. The minimum absolute atomic E-state index is 0.0773. The normalized spacial score (nSPS) is 12.4. The van der Waals surface area contributed by atoms with Crippen molar-refractivity contribution in [1.82, 2.24) is 4.98 Å². The molecule has 0 spiro atoms. The number of rotatable bonds is 5. The number of thiophene rings is 1. The smallest absolute Gasteiger partial charge is 0.295 e. The lowest BCUT2D eigenvalue weighted by Crippen LogP contribution is -1.99. The van der Waals surface area contributed by atoms with Crippen LogP contribution in [-0.4, -0.2) is 18.0 Å². The highest BCUT2D eigenvalue weighted by atomic mass is 32.2. The Labute approximate surface area is 198 Å². The van der Waals surface area contributed by atoms with Gasteiger partial charge >= 0.3 is 0 Å². The number of pyridine rings is 1. The van der Waals surface area contributed by atoms with Gasteiger partial charge in [-0.2, -0.15) is 8.42 Å². The summed E-state index contributed by atoms with van der Waals surface area (Å²) in [6, 6.07) is 19.4. The van der Waals surface area contributed by atoms with Gasteiger partial charge in [-0.25, -0.2) is 0 Å². The van der Waals surface area contributed by atoms with Gasteiger partial charge in [0.2, 0.25) is 0 Å². The fraction of sp³-hybridized carbons (Fsp3) is 0. The molecule has 5 aromatic rings. The summed E-state index contributed by atoms with van der Waals surface area (Å²) in [5, 5.41) is 19.4. The highest BCUT2D eigenvalue weighted by Crippen LogP contribution is 2.41. The third kappa shape index (κ3) is 4.03. The molecule has 0 aliphatic heterocycles. The second-order valence-electron chi connectivity index (χ2n) is 7.23. The predicted molar refractivity (Wildman–Crippen MR) is 132 cm³/mol. The molecule has 2 aromatic heterocycles. The Morgan fingerprint density at radius 3 is 2.32 bits per heavy atom. The summed E-state index contributed by atoms with van der Waals surface area (Å²) in [6.07, 6.45) is 1.57. The average molecular weight is 489 g/mol. The largest absolute Gasteiger partial charge is 0.305 e. The topological polar surface area (TPSA) is 143 Å². The van der Waals surface area contributed by atoms with Crippen molar-refractivity contribution in [3.63, 3.8) is 0 Å². The molecule has 0 fully saturated rings. The molecule has 0 atom stereocenters. The van der Waals surface area contributed by atoms with Crippen LogP contribution in [0.4, 0.5) is 17.1 Å². The van der Waals surface area contributed by atoms with E-state index in [0.717, 1.165) is 16.6 Å². The molecule has 0 aliphatic carbocycles. The standard InChI is InChI=1S/C23H16N6O3S2/c24-29-28-23-17-7-2-1-6-16(17)22(34(30,31)32)11-20(23)27-26-14-9-10-19(25-12-14)18-13-33-21-8-4-3-5-15(18)21/h1-13H,(H2,24,28)(H,30,31,32)/b27-26+. The van der Waals surface area contributed by atoms with Gasteiger partial charge in [0, 0.05) is 31.8 Å². The fourth-order valence-electron chi connectivity index (χ4n) is 3.66. The van der Waals surface area contributed by atoms with E-state index in [9.17, 15) is 13.0 Å². The molecular weight excluding hydrogens is 472 g/mol. The van der Waals surface area contributed by atoms with Crippen LogP contribution in [-0.2, 0) is 10.1 Å². The first-order chi connectivity index (χ1) is 16.5. The number of azo groups is 1. The molecule has 3 aromatic carbocycles. The van der Waals surface area contributed by atoms with Crippen LogP contribution in [0.15, 0.2) is 104 Å². The van der Waals surface area contributed by atoms with Crippen molar-refractivity contribution in [3.8, 4) is 11.3 Å². The van der Waals surface area contributed by atoms with Gasteiger partial charge in [-0.05, 0) is 24.3 Å². The molecule has 0 bridgehead atoms. The number of hydrogen-bond donors (Lipinski definition) is 2. The van der Waals surface area contributed by atoms with Crippen LogP contribution >= 0.6 is 11.3 Å². The molecule has 3 N–H and O–H groups in total. The molecule has 0 saturated carbocycles. The van der Waals surface area contributed by atoms with E-state index in [1.807, 2.05) is 18.2 Å². The van der Waals surface area contributed by atoms with Crippen LogP contribution in [0.1, 0.15) is 0 Å². The predicted octanol–water partition coefficient (Wildman–Crippen LogP) is 6.74. The summed E-state index contributed by atoms with van der Waals surface area (Å²) in [7, 11) is -4.53. The lowest BCUT2D eigenvalue weighted by atomic mass is 10.1. The van der Waals surface area contributed by atoms with Crippen molar-refractivity contribution in [1.29, 1.82) is 0 Å². The number of nitrogens with zero attached hydrogens (tertiary/aromatic N) is 5. The summed E-state index contributed by atoms with van der Waals surface area (Å²) in [4.78, 5) is 4.19. The van der Waals surface area contributed by atoms with Crippen LogP contribution in [0.25, 0.3) is 32.1 Å². The minimum atomic E-state index is -4.53. The highest BCUT2D eigenvalue weighted by Gasteiger charge is 2.20. The van der Waals surface area contributed by atoms with E-state index in [1.54, 1.807) is 47.9 Å². The lowest BCUT2D eigenvalue weighted by Gasteiger charge is -2.08. The molecule has 5 rings (SSSR count). The van der Waals surface area contributed by atoms with Crippen molar-refractivity contribution in [3.05, 3.63) is 78.3 Å². The zero-order valence-electron chi connectivity index (χ0n) is 17.4. The van der Waals surface area contributed by atoms with Gasteiger partial charge in [0.05, 0.1) is 11.9 Å². The molecule has 11 heteroatoms. The minimum Gasteiger partial charge on any atom is -0.305 e. The average Bonchev–Trinajstić information content (AvgIpc) is 3.27. The second kappa shape index (κ2) is 8.71. The van der Waals surface area contributed by atoms with Crippen LogP contribution in [0.3, 0.4) is 0 Å². The number of fused-ring (bicyclic) bond motifs is 2. The second-order valence-corrected chi connectivity index (χ2v) is 9.53. The van der Waals surface area contributed by atoms with E-state index in [1.165, 1.54) is 10.8 Å². The first-order valence-electron chi connectivity index (χ1n) is 9.94.